The molecule has 0 heterocycles. The molecular weight excluding hydrogens is 130 g/mol. The highest BCUT2D eigenvalue weighted by Gasteiger charge is 2.12. The molecule has 1 unspecified atom stereocenters. The fraction of sp³-hybridized carbons (Fsp3) is 0.857. The maximum absolute atomic E-state index is 10.8. The predicted molar refractivity (Wildman–Crippen MR) is 39.8 cm³/mol. The van der Waals surface area contributed by atoms with Crippen molar-refractivity contribution >= 4 is 5.78 Å². The van der Waals surface area contributed by atoms with Crippen molar-refractivity contribution in [3.8, 4) is 0 Å². The van der Waals surface area contributed by atoms with E-state index in [4.69, 9.17) is 5.11 Å². The molecule has 0 amide bonds. The van der Waals surface area contributed by atoms with Gasteiger partial charge in [0.15, 0.2) is 5.78 Å². The van der Waals surface area contributed by atoms with E-state index in [1.165, 1.54) is 0 Å². The lowest BCUT2D eigenvalue weighted by atomic mass is 10.1. The summed E-state index contributed by atoms with van der Waals surface area (Å²) in [7, 11) is 1.73. The van der Waals surface area contributed by atoms with E-state index in [9.17, 15) is 4.79 Å². The monoisotopic (exact) mass is 145 g/mol. The summed E-state index contributed by atoms with van der Waals surface area (Å²) in [5, 5.41) is 11.3. The third-order valence-electron chi connectivity index (χ3n) is 1.47. The van der Waals surface area contributed by atoms with Gasteiger partial charge in [-0.3, -0.25) is 4.79 Å². The van der Waals surface area contributed by atoms with E-state index in [1.807, 2.05) is 6.92 Å². The number of rotatable bonds is 5. The summed E-state index contributed by atoms with van der Waals surface area (Å²) in [5.41, 5.74) is 0. The average molecular weight is 145 g/mol. The molecule has 0 bridgehead atoms. The van der Waals surface area contributed by atoms with Gasteiger partial charge in [0.05, 0.1) is 6.04 Å². The number of carbonyl (C=O) groups is 1. The molecule has 0 saturated heterocycles. The average Bonchev–Trinajstić information content (AvgIpc) is 1.99. The number of nitrogens with one attached hydrogen (secondary N) is 1. The van der Waals surface area contributed by atoms with Crippen LogP contribution < -0.4 is 5.32 Å². The van der Waals surface area contributed by atoms with Gasteiger partial charge in [-0.05, 0) is 13.5 Å². The van der Waals surface area contributed by atoms with Gasteiger partial charge in [0, 0.05) is 0 Å². The Hall–Kier alpha value is -0.410. The second kappa shape index (κ2) is 5.38. The second-order valence-electron chi connectivity index (χ2n) is 2.25. The molecule has 0 aliphatic heterocycles. The number of likely N-dealkylation sites (N-methyl/N-ethyl adjacent to an activating group) is 1. The highest BCUT2D eigenvalue weighted by molar-refractivity contribution is 5.84. The summed E-state index contributed by atoms with van der Waals surface area (Å²) in [5.74, 6) is -0.121. The Morgan fingerprint density at radius 1 is 1.70 bits per heavy atom. The van der Waals surface area contributed by atoms with Crippen molar-refractivity contribution in [2.75, 3.05) is 13.7 Å². The van der Waals surface area contributed by atoms with Gasteiger partial charge < -0.3 is 10.4 Å². The molecule has 10 heavy (non-hydrogen) atoms. The summed E-state index contributed by atoms with van der Waals surface area (Å²) >= 11 is 0. The number of Topliss-reactive ketones (excluding diaryl/α,β-unsaturated/α-hetero) is 1. The van der Waals surface area contributed by atoms with Gasteiger partial charge in [0.1, 0.15) is 6.61 Å². The highest BCUT2D eigenvalue weighted by Crippen LogP contribution is 1.96. The SMILES string of the molecule is CCCC(NC)C(=O)CO. The van der Waals surface area contributed by atoms with Crippen LogP contribution in [0, 0.1) is 0 Å². The topological polar surface area (TPSA) is 49.3 Å². The van der Waals surface area contributed by atoms with E-state index < -0.39 is 0 Å². The molecule has 0 aromatic rings. The molecule has 60 valence electrons. The molecule has 0 radical (unpaired) electrons. The number of aliphatic hydroxyl groups is 1. The fourth-order valence-electron chi connectivity index (χ4n) is 0.865. The van der Waals surface area contributed by atoms with Crippen molar-refractivity contribution in [1.82, 2.24) is 5.32 Å². The number of carbonyl (C=O) groups excluding carboxylic acids is 1. The van der Waals surface area contributed by atoms with E-state index in [2.05, 4.69) is 5.32 Å². The summed E-state index contributed by atoms with van der Waals surface area (Å²) in [6.07, 6.45) is 1.76. The molecule has 0 aromatic carbocycles. The van der Waals surface area contributed by atoms with Crippen molar-refractivity contribution in [2.45, 2.75) is 25.8 Å². The van der Waals surface area contributed by atoms with Crippen molar-refractivity contribution in [3.63, 3.8) is 0 Å². The molecule has 0 saturated carbocycles. The molecule has 0 rings (SSSR count). The van der Waals surface area contributed by atoms with Crippen LogP contribution in [0.25, 0.3) is 0 Å². The third kappa shape index (κ3) is 2.94. The van der Waals surface area contributed by atoms with Crippen molar-refractivity contribution in [1.29, 1.82) is 0 Å². The molecule has 0 spiro atoms. The summed E-state index contributed by atoms with van der Waals surface area (Å²) in [6, 6.07) is -0.157. The lowest BCUT2D eigenvalue weighted by Gasteiger charge is -2.11. The lowest BCUT2D eigenvalue weighted by Crippen LogP contribution is -2.35. The first kappa shape index (κ1) is 9.59. The molecular formula is C7H15NO2. The van der Waals surface area contributed by atoms with Crippen molar-refractivity contribution < 1.29 is 9.90 Å². The molecule has 0 aliphatic carbocycles. The van der Waals surface area contributed by atoms with Gasteiger partial charge in [0.25, 0.3) is 0 Å². The van der Waals surface area contributed by atoms with Crippen LogP contribution in [0.15, 0.2) is 0 Å². The summed E-state index contributed by atoms with van der Waals surface area (Å²) in [6.45, 7) is 1.65. The van der Waals surface area contributed by atoms with Gasteiger partial charge in [-0.25, -0.2) is 0 Å². The Morgan fingerprint density at radius 2 is 2.30 bits per heavy atom. The normalized spacial score (nSPS) is 13.1. The van der Waals surface area contributed by atoms with E-state index in [1.54, 1.807) is 7.05 Å². The highest BCUT2D eigenvalue weighted by atomic mass is 16.3. The molecule has 1 atom stereocenters. The van der Waals surface area contributed by atoms with Crippen molar-refractivity contribution in [2.24, 2.45) is 0 Å². The molecule has 0 fully saturated rings. The Balaban J connectivity index is 3.68. The number of hydrogen-bond donors (Lipinski definition) is 2. The molecule has 3 heteroatoms. The van der Waals surface area contributed by atoms with E-state index >= 15 is 0 Å². The van der Waals surface area contributed by atoms with Crippen LogP contribution in [0.3, 0.4) is 0 Å². The van der Waals surface area contributed by atoms with Crippen LogP contribution >= 0.6 is 0 Å². The smallest absolute Gasteiger partial charge is 0.174 e. The number of aliphatic hydroxyl groups excluding tert-OH is 1. The van der Waals surface area contributed by atoms with Gasteiger partial charge in [0.2, 0.25) is 0 Å². The predicted octanol–water partition coefficient (Wildman–Crippen LogP) is -0.0641. The minimum atomic E-state index is -0.356. The van der Waals surface area contributed by atoms with Gasteiger partial charge >= 0.3 is 0 Å². The lowest BCUT2D eigenvalue weighted by molar-refractivity contribution is -0.123. The zero-order valence-corrected chi connectivity index (χ0v) is 6.55. The number of hydrogen-bond acceptors (Lipinski definition) is 3. The first-order valence-corrected chi connectivity index (χ1v) is 3.57. The van der Waals surface area contributed by atoms with Gasteiger partial charge in [-0.2, -0.15) is 0 Å². The minimum absolute atomic E-state index is 0.121. The van der Waals surface area contributed by atoms with E-state index in [-0.39, 0.29) is 18.4 Å². The first-order valence-electron chi connectivity index (χ1n) is 3.57. The minimum Gasteiger partial charge on any atom is -0.389 e. The largest absolute Gasteiger partial charge is 0.389 e. The summed E-state index contributed by atoms with van der Waals surface area (Å²) in [4.78, 5) is 10.8. The maximum Gasteiger partial charge on any atom is 0.174 e. The first-order chi connectivity index (χ1) is 4.76. The molecule has 0 aromatic heterocycles. The quantitative estimate of drug-likeness (QED) is 0.569. The van der Waals surface area contributed by atoms with Crippen LogP contribution in [0.2, 0.25) is 0 Å². The van der Waals surface area contributed by atoms with E-state index in [0.717, 1.165) is 12.8 Å². The second-order valence-corrected chi connectivity index (χ2v) is 2.25. The Kier molecular flexibility index (Phi) is 5.16. The molecule has 3 nitrogen and oxygen atoms in total. The Morgan fingerprint density at radius 3 is 2.60 bits per heavy atom. The van der Waals surface area contributed by atoms with Crippen LogP contribution in [-0.4, -0.2) is 30.6 Å². The van der Waals surface area contributed by atoms with Crippen LogP contribution in [-0.2, 0) is 4.79 Å². The zero-order chi connectivity index (χ0) is 7.98. The zero-order valence-electron chi connectivity index (χ0n) is 6.55. The number of ketones is 1. The summed E-state index contributed by atoms with van der Waals surface area (Å²) < 4.78 is 0. The third-order valence-corrected chi connectivity index (χ3v) is 1.47. The van der Waals surface area contributed by atoms with Crippen LogP contribution in [0.5, 0.6) is 0 Å². The van der Waals surface area contributed by atoms with Crippen LogP contribution in [0.1, 0.15) is 19.8 Å². The fourth-order valence-corrected chi connectivity index (χ4v) is 0.865. The Labute approximate surface area is 61.4 Å². The van der Waals surface area contributed by atoms with Crippen LogP contribution in [0.4, 0.5) is 0 Å². The van der Waals surface area contributed by atoms with Gasteiger partial charge in [-0.15, -0.1) is 0 Å². The Bertz CT molecular complexity index is 104. The molecule has 0 aliphatic rings. The van der Waals surface area contributed by atoms with Crippen molar-refractivity contribution in [3.05, 3.63) is 0 Å². The molecule has 2 N–H and O–H groups in total. The van der Waals surface area contributed by atoms with E-state index in [0.29, 0.717) is 0 Å². The van der Waals surface area contributed by atoms with Gasteiger partial charge in [-0.1, -0.05) is 13.3 Å². The maximum atomic E-state index is 10.8. The standard InChI is InChI=1S/C7H15NO2/c1-3-4-6(8-2)7(10)5-9/h6,8-9H,3-5H2,1-2H3.